The molecule has 2 rings (SSSR count). The number of aromatic nitrogens is 3. The van der Waals surface area contributed by atoms with Gasteiger partial charge in [-0.05, 0) is 38.0 Å². The Morgan fingerprint density at radius 1 is 1.47 bits per heavy atom. The third-order valence-corrected chi connectivity index (χ3v) is 3.75. The van der Waals surface area contributed by atoms with Crippen LogP contribution in [0.15, 0.2) is 0 Å². The minimum Gasteiger partial charge on any atom is -0.388 e. The Kier molecular flexibility index (Phi) is 3.47. The Labute approximate surface area is 108 Å². The van der Waals surface area contributed by atoms with E-state index in [0.717, 1.165) is 23.7 Å². The molecule has 0 bridgehead atoms. The van der Waals surface area contributed by atoms with Gasteiger partial charge in [-0.1, -0.05) is 31.3 Å². The van der Waals surface area contributed by atoms with E-state index >= 15 is 0 Å². The summed E-state index contributed by atoms with van der Waals surface area (Å²) in [5.74, 6) is 1.30. The second kappa shape index (κ2) is 4.72. The second-order valence-electron chi connectivity index (χ2n) is 5.33. The molecule has 1 aliphatic rings. The summed E-state index contributed by atoms with van der Waals surface area (Å²) in [5.41, 5.74) is 7.56. The van der Waals surface area contributed by atoms with Crippen LogP contribution >= 0.6 is 12.2 Å². The van der Waals surface area contributed by atoms with Gasteiger partial charge in [0.2, 0.25) is 0 Å². The zero-order valence-electron chi connectivity index (χ0n) is 10.7. The molecule has 0 saturated heterocycles. The van der Waals surface area contributed by atoms with Crippen LogP contribution in [-0.2, 0) is 6.42 Å². The molecule has 1 atom stereocenters. The first-order valence-electron chi connectivity index (χ1n) is 6.24. The first kappa shape index (κ1) is 12.5. The molecule has 1 saturated carbocycles. The van der Waals surface area contributed by atoms with E-state index in [0.29, 0.717) is 16.9 Å². The minimum atomic E-state index is 0.333. The van der Waals surface area contributed by atoms with Crippen LogP contribution in [0.2, 0.25) is 0 Å². The van der Waals surface area contributed by atoms with Crippen LogP contribution in [0, 0.1) is 11.8 Å². The average molecular weight is 252 g/mol. The van der Waals surface area contributed by atoms with Gasteiger partial charge in [-0.15, -0.1) is 5.10 Å². The van der Waals surface area contributed by atoms with Gasteiger partial charge in [0.25, 0.3) is 0 Å². The van der Waals surface area contributed by atoms with Crippen LogP contribution in [0.3, 0.4) is 0 Å². The minimum absolute atomic E-state index is 0.333. The maximum Gasteiger partial charge on any atom is 0.143 e. The first-order chi connectivity index (χ1) is 8.00. The van der Waals surface area contributed by atoms with E-state index in [1.165, 1.54) is 12.8 Å². The van der Waals surface area contributed by atoms with Gasteiger partial charge in [0, 0.05) is 0 Å². The summed E-state index contributed by atoms with van der Waals surface area (Å²) in [6.45, 7) is 6.54. The summed E-state index contributed by atoms with van der Waals surface area (Å²) in [6.07, 6.45) is 3.62. The van der Waals surface area contributed by atoms with Crippen LogP contribution in [-0.4, -0.2) is 20.0 Å². The Morgan fingerprint density at radius 2 is 2.12 bits per heavy atom. The predicted octanol–water partition coefficient (Wildman–Crippen LogP) is 2.08. The van der Waals surface area contributed by atoms with Gasteiger partial charge in [-0.25, -0.2) is 4.68 Å². The number of nitrogens with two attached hydrogens (primary N) is 1. The highest BCUT2D eigenvalue weighted by molar-refractivity contribution is 7.80. The van der Waals surface area contributed by atoms with Crippen molar-refractivity contribution in [1.82, 2.24) is 15.0 Å². The first-order valence-corrected chi connectivity index (χ1v) is 6.65. The SMILES string of the molecule is CC(C)C(C)n1nnc(C(N)=S)c1CC1CC1. The largest absolute Gasteiger partial charge is 0.388 e. The molecule has 0 radical (unpaired) electrons. The molecule has 4 nitrogen and oxygen atoms in total. The van der Waals surface area contributed by atoms with Crippen molar-refractivity contribution >= 4 is 17.2 Å². The number of thiocarbonyl (C=S) groups is 1. The molecule has 1 heterocycles. The van der Waals surface area contributed by atoms with E-state index in [4.69, 9.17) is 18.0 Å². The van der Waals surface area contributed by atoms with E-state index in [1.54, 1.807) is 0 Å². The van der Waals surface area contributed by atoms with E-state index in [2.05, 4.69) is 31.1 Å². The standard InChI is InChI=1S/C12H20N4S/c1-7(2)8(3)16-10(6-9-4-5-9)11(12(13)17)14-15-16/h7-9H,4-6H2,1-3H3,(H2,13,17). The molecule has 1 aromatic heterocycles. The molecule has 1 unspecified atom stereocenters. The zero-order valence-corrected chi connectivity index (χ0v) is 11.5. The second-order valence-corrected chi connectivity index (χ2v) is 5.77. The van der Waals surface area contributed by atoms with Gasteiger partial charge >= 0.3 is 0 Å². The lowest BCUT2D eigenvalue weighted by Gasteiger charge is -2.18. The highest BCUT2D eigenvalue weighted by Crippen LogP contribution is 2.34. The summed E-state index contributed by atoms with van der Waals surface area (Å²) in [5, 5.41) is 8.39. The quantitative estimate of drug-likeness (QED) is 0.815. The Bertz CT molecular complexity index is 420. The van der Waals surface area contributed by atoms with Gasteiger partial charge in [-0.2, -0.15) is 0 Å². The third kappa shape index (κ3) is 2.65. The van der Waals surface area contributed by atoms with Crippen molar-refractivity contribution in [1.29, 1.82) is 0 Å². The highest BCUT2D eigenvalue weighted by Gasteiger charge is 2.28. The van der Waals surface area contributed by atoms with Crippen molar-refractivity contribution in [3.63, 3.8) is 0 Å². The van der Waals surface area contributed by atoms with Gasteiger partial charge in [0.15, 0.2) is 0 Å². The summed E-state index contributed by atoms with van der Waals surface area (Å²) in [7, 11) is 0. The zero-order chi connectivity index (χ0) is 12.6. The molecule has 0 spiro atoms. The van der Waals surface area contributed by atoms with Gasteiger partial charge in [0.05, 0.1) is 11.7 Å². The van der Waals surface area contributed by atoms with Gasteiger partial charge in [0.1, 0.15) is 10.7 Å². The Hall–Kier alpha value is -0.970. The molecule has 17 heavy (non-hydrogen) atoms. The molecular formula is C12H20N4S. The molecule has 2 N–H and O–H groups in total. The van der Waals surface area contributed by atoms with Crippen molar-refractivity contribution in [2.24, 2.45) is 17.6 Å². The summed E-state index contributed by atoms with van der Waals surface area (Å²) in [4.78, 5) is 0.364. The maximum absolute atomic E-state index is 5.72. The van der Waals surface area contributed by atoms with E-state index < -0.39 is 0 Å². The normalized spacial score (nSPS) is 17.4. The van der Waals surface area contributed by atoms with Crippen LogP contribution < -0.4 is 5.73 Å². The van der Waals surface area contributed by atoms with E-state index in [9.17, 15) is 0 Å². The summed E-state index contributed by atoms with van der Waals surface area (Å²) >= 11 is 5.05. The van der Waals surface area contributed by atoms with Crippen LogP contribution in [0.4, 0.5) is 0 Å². The number of hydrogen-bond acceptors (Lipinski definition) is 3. The number of hydrogen-bond donors (Lipinski definition) is 1. The Balaban J connectivity index is 2.33. The maximum atomic E-state index is 5.72. The Morgan fingerprint density at radius 3 is 2.59 bits per heavy atom. The third-order valence-electron chi connectivity index (χ3n) is 3.55. The van der Waals surface area contributed by atoms with E-state index in [-0.39, 0.29) is 0 Å². The summed E-state index contributed by atoms with van der Waals surface area (Å²) < 4.78 is 2.01. The lowest BCUT2D eigenvalue weighted by molar-refractivity contribution is 0.356. The molecule has 1 aromatic rings. The lowest BCUT2D eigenvalue weighted by atomic mass is 10.1. The molecule has 0 aliphatic heterocycles. The van der Waals surface area contributed by atoms with Gasteiger partial charge < -0.3 is 5.73 Å². The topological polar surface area (TPSA) is 56.7 Å². The molecule has 94 valence electrons. The smallest absolute Gasteiger partial charge is 0.143 e. The van der Waals surface area contributed by atoms with E-state index in [1.807, 2.05) is 4.68 Å². The van der Waals surface area contributed by atoms with Crippen molar-refractivity contribution in [3.05, 3.63) is 11.4 Å². The molecule has 0 amide bonds. The van der Waals surface area contributed by atoms with Crippen molar-refractivity contribution < 1.29 is 0 Å². The highest BCUT2D eigenvalue weighted by atomic mass is 32.1. The van der Waals surface area contributed by atoms with Gasteiger partial charge in [-0.3, -0.25) is 0 Å². The van der Waals surface area contributed by atoms with Crippen molar-refractivity contribution in [2.75, 3.05) is 0 Å². The van der Waals surface area contributed by atoms with Crippen molar-refractivity contribution in [3.8, 4) is 0 Å². The summed E-state index contributed by atoms with van der Waals surface area (Å²) in [6, 6.07) is 0.333. The lowest BCUT2D eigenvalue weighted by Crippen LogP contribution is -2.19. The molecule has 1 aliphatic carbocycles. The molecule has 0 aromatic carbocycles. The number of nitrogens with zero attached hydrogens (tertiary/aromatic N) is 3. The fourth-order valence-electron chi connectivity index (χ4n) is 1.90. The molecule has 5 heteroatoms. The fourth-order valence-corrected chi connectivity index (χ4v) is 2.06. The van der Waals surface area contributed by atoms with Crippen LogP contribution in [0.1, 0.15) is 51.0 Å². The van der Waals surface area contributed by atoms with Crippen LogP contribution in [0.5, 0.6) is 0 Å². The fraction of sp³-hybridized carbons (Fsp3) is 0.750. The predicted molar refractivity (Wildman–Crippen MR) is 71.9 cm³/mol. The number of rotatable bonds is 5. The van der Waals surface area contributed by atoms with Crippen molar-refractivity contribution in [2.45, 2.75) is 46.1 Å². The monoisotopic (exact) mass is 252 g/mol. The molecule has 1 fully saturated rings. The average Bonchev–Trinajstić information content (AvgIpc) is 2.95. The van der Waals surface area contributed by atoms with Crippen LogP contribution in [0.25, 0.3) is 0 Å². The molecular weight excluding hydrogens is 232 g/mol.